The van der Waals surface area contributed by atoms with Gasteiger partial charge in [-0.15, -0.1) is 0 Å². The summed E-state index contributed by atoms with van der Waals surface area (Å²) in [7, 11) is 0. The van der Waals surface area contributed by atoms with Crippen molar-refractivity contribution in [3.63, 3.8) is 0 Å². The van der Waals surface area contributed by atoms with E-state index in [-0.39, 0.29) is 12.3 Å². The van der Waals surface area contributed by atoms with Crippen molar-refractivity contribution < 1.29 is 9.32 Å². The van der Waals surface area contributed by atoms with E-state index in [9.17, 15) is 4.79 Å². The maximum absolute atomic E-state index is 12.1. The predicted octanol–water partition coefficient (Wildman–Crippen LogP) is 4.69. The number of carbonyl (C=O) groups excluding carboxylic acids is 1. The Morgan fingerprint density at radius 1 is 1.12 bits per heavy atom. The number of carbonyl (C=O) groups is 1. The van der Waals surface area contributed by atoms with Crippen molar-refractivity contribution in [2.24, 2.45) is 0 Å². The number of amides is 1. The van der Waals surface area contributed by atoms with Crippen molar-refractivity contribution in [1.29, 1.82) is 0 Å². The number of nitrogens with zero attached hydrogens (tertiary/aromatic N) is 2. The van der Waals surface area contributed by atoms with Crippen molar-refractivity contribution in [3.8, 4) is 11.4 Å². The minimum atomic E-state index is -0.0772. The van der Waals surface area contributed by atoms with Gasteiger partial charge in [0.15, 0.2) is 0 Å². The van der Waals surface area contributed by atoms with Crippen LogP contribution in [-0.2, 0) is 11.2 Å². The number of hydrogen-bond acceptors (Lipinski definition) is 4. The number of anilines is 1. The third kappa shape index (κ3) is 4.54. The normalized spacial score (nSPS) is 10.7. The van der Waals surface area contributed by atoms with E-state index in [0.29, 0.717) is 18.1 Å². The summed E-state index contributed by atoms with van der Waals surface area (Å²) >= 11 is 3.39. The molecule has 25 heavy (non-hydrogen) atoms. The van der Waals surface area contributed by atoms with E-state index in [1.165, 1.54) is 5.56 Å². The third-order valence-electron chi connectivity index (χ3n) is 3.93. The van der Waals surface area contributed by atoms with E-state index in [1.54, 1.807) is 0 Å². The van der Waals surface area contributed by atoms with E-state index in [4.69, 9.17) is 4.52 Å². The van der Waals surface area contributed by atoms with Gasteiger partial charge in [0.2, 0.25) is 17.6 Å². The molecule has 0 spiro atoms. The van der Waals surface area contributed by atoms with Crippen LogP contribution in [0, 0.1) is 13.8 Å². The average Bonchev–Trinajstić information content (AvgIpc) is 3.06. The lowest BCUT2D eigenvalue weighted by Gasteiger charge is -2.06. The largest absolute Gasteiger partial charge is 0.339 e. The lowest BCUT2D eigenvalue weighted by atomic mass is 10.1. The number of benzene rings is 2. The van der Waals surface area contributed by atoms with Gasteiger partial charge in [0.05, 0.1) is 0 Å². The van der Waals surface area contributed by atoms with Crippen LogP contribution in [0.4, 0.5) is 5.69 Å². The summed E-state index contributed by atoms with van der Waals surface area (Å²) in [5.74, 6) is 0.900. The van der Waals surface area contributed by atoms with E-state index < -0.39 is 0 Å². The Kier molecular flexibility index (Phi) is 5.28. The number of hydrogen-bond donors (Lipinski definition) is 1. The van der Waals surface area contributed by atoms with Crippen LogP contribution in [0.25, 0.3) is 11.4 Å². The zero-order chi connectivity index (χ0) is 17.8. The summed E-state index contributed by atoms with van der Waals surface area (Å²) in [5.41, 5.74) is 4.02. The number of rotatable bonds is 5. The molecule has 0 fully saturated rings. The second-order valence-electron chi connectivity index (χ2n) is 5.87. The number of nitrogens with one attached hydrogen (secondary N) is 1. The van der Waals surface area contributed by atoms with Gasteiger partial charge in [0.25, 0.3) is 0 Å². The second kappa shape index (κ2) is 7.61. The smallest absolute Gasteiger partial charge is 0.227 e. The Bertz CT molecular complexity index is 888. The second-order valence-corrected chi connectivity index (χ2v) is 6.78. The van der Waals surface area contributed by atoms with Crippen LogP contribution in [0.15, 0.2) is 51.5 Å². The van der Waals surface area contributed by atoms with Crippen molar-refractivity contribution >= 4 is 27.5 Å². The van der Waals surface area contributed by atoms with Gasteiger partial charge < -0.3 is 9.84 Å². The van der Waals surface area contributed by atoms with E-state index in [1.807, 2.05) is 56.3 Å². The number of aryl methyl sites for hydroxylation is 3. The molecule has 1 amide bonds. The van der Waals surface area contributed by atoms with Crippen molar-refractivity contribution in [3.05, 3.63) is 64.0 Å². The molecule has 6 heteroatoms. The first-order valence-electron chi connectivity index (χ1n) is 7.97. The van der Waals surface area contributed by atoms with E-state index in [2.05, 4.69) is 31.4 Å². The fourth-order valence-electron chi connectivity index (χ4n) is 2.34. The predicted molar refractivity (Wildman–Crippen MR) is 100 cm³/mol. The van der Waals surface area contributed by atoms with Crippen LogP contribution in [0.5, 0.6) is 0 Å². The molecule has 0 bridgehead atoms. The molecule has 128 valence electrons. The molecular weight excluding hydrogens is 382 g/mol. The quantitative estimate of drug-likeness (QED) is 0.675. The topological polar surface area (TPSA) is 68.0 Å². The molecule has 0 atom stereocenters. The number of aromatic nitrogens is 2. The molecule has 0 saturated heterocycles. The van der Waals surface area contributed by atoms with Gasteiger partial charge in [-0.05, 0) is 61.4 Å². The molecule has 0 saturated carbocycles. The standard InChI is InChI=1S/C19H18BrN3O2/c1-12-3-8-16(11-13(12)2)21-17(24)9-10-18-22-19(23-25-18)14-4-6-15(20)7-5-14/h3-8,11H,9-10H2,1-2H3,(H,21,24). The Morgan fingerprint density at radius 3 is 2.60 bits per heavy atom. The molecule has 0 aliphatic rings. The monoisotopic (exact) mass is 399 g/mol. The first kappa shape index (κ1) is 17.4. The molecule has 2 aromatic carbocycles. The molecule has 1 aromatic heterocycles. The SMILES string of the molecule is Cc1ccc(NC(=O)CCc2nc(-c3ccc(Br)cc3)no2)cc1C. The Morgan fingerprint density at radius 2 is 1.88 bits per heavy atom. The maximum Gasteiger partial charge on any atom is 0.227 e. The summed E-state index contributed by atoms with van der Waals surface area (Å²) in [6.07, 6.45) is 0.690. The number of halogens is 1. The van der Waals surface area contributed by atoms with Gasteiger partial charge in [-0.2, -0.15) is 4.98 Å². The Labute approximate surface area is 154 Å². The molecule has 0 aliphatic carbocycles. The molecule has 0 aliphatic heterocycles. The highest BCUT2D eigenvalue weighted by atomic mass is 79.9. The minimum absolute atomic E-state index is 0.0772. The van der Waals surface area contributed by atoms with Crippen molar-refractivity contribution in [1.82, 2.24) is 10.1 Å². The summed E-state index contributed by atoms with van der Waals surface area (Å²) in [6.45, 7) is 4.06. The third-order valence-corrected chi connectivity index (χ3v) is 4.46. The van der Waals surface area contributed by atoms with Crippen LogP contribution in [0.1, 0.15) is 23.4 Å². The highest BCUT2D eigenvalue weighted by Crippen LogP contribution is 2.19. The van der Waals surface area contributed by atoms with Gasteiger partial charge in [0.1, 0.15) is 0 Å². The molecule has 1 N–H and O–H groups in total. The Balaban J connectivity index is 1.57. The van der Waals surface area contributed by atoms with Gasteiger partial charge in [-0.25, -0.2) is 0 Å². The van der Waals surface area contributed by atoms with Crippen molar-refractivity contribution in [2.75, 3.05) is 5.32 Å². The summed E-state index contributed by atoms with van der Waals surface area (Å²) in [6, 6.07) is 13.5. The molecule has 0 radical (unpaired) electrons. The van der Waals surface area contributed by atoms with Gasteiger partial charge in [-0.1, -0.05) is 27.2 Å². The van der Waals surface area contributed by atoms with Gasteiger partial charge in [0, 0.05) is 28.6 Å². The van der Waals surface area contributed by atoms with Crippen molar-refractivity contribution in [2.45, 2.75) is 26.7 Å². The fourth-order valence-corrected chi connectivity index (χ4v) is 2.60. The summed E-state index contributed by atoms with van der Waals surface area (Å²) in [4.78, 5) is 16.4. The molecule has 1 heterocycles. The lowest BCUT2D eigenvalue weighted by Crippen LogP contribution is -2.12. The average molecular weight is 400 g/mol. The first-order valence-corrected chi connectivity index (χ1v) is 8.76. The van der Waals surface area contributed by atoms with Crippen LogP contribution in [0.3, 0.4) is 0 Å². The molecule has 3 rings (SSSR count). The lowest BCUT2D eigenvalue weighted by molar-refractivity contribution is -0.116. The zero-order valence-corrected chi connectivity index (χ0v) is 15.6. The molecular formula is C19H18BrN3O2. The molecule has 3 aromatic rings. The van der Waals surface area contributed by atoms with Gasteiger partial charge >= 0.3 is 0 Å². The summed E-state index contributed by atoms with van der Waals surface area (Å²) < 4.78 is 6.22. The highest BCUT2D eigenvalue weighted by molar-refractivity contribution is 9.10. The Hall–Kier alpha value is -2.47. The van der Waals surface area contributed by atoms with E-state index in [0.717, 1.165) is 21.3 Å². The van der Waals surface area contributed by atoms with Crippen LogP contribution >= 0.6 is 15.9 Å². The molecule has 5 nitrogen and oxygen atoms in total. The highest BCUT2D eigenvalue weighted by Gasteiger charge is 2.11. The van der Waals surface area contributed by atoms with Crippen LogP contribution in [-0.4, -0.2) is 16.0 Å². The van der Waals surface area contributed by atoms with E-state index >= 15 is 0 Å². The molecule has 0 unspecified atom stereocenters. The van der Waals surface area contributed by atoms with Crippen LogP contribution in [0.2, 0.25) is 0 Å². The summed E-state index contributed by atoms with van der Waals surface area (Å²) in [5, 5.41) is 6.86. The maximum atomic E-state index is 12.1. The zero-order valence-electron chi connectivity index (χ0n) is 14.0. The first-order chi connectivity index (χ1) is 12.0. The fraction of sp³-hybridized carbons (Fsp3) is 0.211. The van der Waals surface area contributed by atoms with Gasteiger partial charge in [-0.3, -0.25) is 4.79 Å². The van der Waals surface area contributed by atoms with Crippen LogP contribution < -0.4 is 5.32 Å². The minimum Gasteiger partial charge on any atom is -0.339 e.